The molecular formula is C25H32OSi. The Morgan fingerprint density at radius 3 is 1.93 bits per heavy atom. The van der Waals surface area contributed by atoms with Gasteiger partial charge in [0, 0.05) is 0 Å². The normalized spacial score (nSPS) is 20.4. The van der Waals surface area contributed by atoms with E-state index in [0.717, 1.165) is 30.9 Å². The van der Waals surface area contributed by atoms with Crippen molar-refractivity contribution >= 4 is 18.4 Å². The number of aliphatic hydroxyl groups is 1. The van der Waals surface area contributed by atoms with Crippen molar-refractivity contribution in [2.24, 2.45) is 0 Å². The van der Waals surface area contributed by atoms with E-state index in [0.29, 0.717) is 0 Å². The van der Waals surface area contributed by atoms with E-state index in [1.54, 1.807) is 0 Å². The highest BCUT2D eigenvalue weighted by atomic mass is 28.3. The molecule has 0 amide bonds. The van der Waals surface area contributed by atoms with Crippen LogP contribution in [0.15, 0.2) is 85.0 Å². The lowest BCUT2D eigenvalue weighted by Crippen LogP contribution is -2.65. The van der Waals surface area contributed by atoms with E-state index in [1.165, 1.54) is 10.4 Å². The molecule has 0 aromatic heterocycles. The van der Waals surface area contributed by atoms with E-state index in [2.05, 4.69) is 94.1 Å². The molecule has 0 aliphatic heterocycles. The van der Waals surface area contributed by atoms with E-state index in [-0.39, 0.29) is 5.04 Å². The average Bonchev–Trinajstić information content (AvgIpc) is 2.67. The fraction of sp³-hybridized carbons (Fsp3) is 0.360. The Bertz CT molecular complexity index is 762. The van der Waals surface area contributed by atoms with Gasteiger partial charge in [0.25, 0.3) is 0 Å². The number of rotatable bonds is 5. The highest BCUT2D eigenvalue weighted by molar-refractivity contribution is 7.04. The molecule has 0 fully saturated rings. The number of hydrogen-bond donors (Lipinski definition) is 1. The standard InChI is InChI=1S/C25H32OSi/c1-21(25(26)18-12-7-13-19-25)20-27(24(2,3)4,22-14-8-5-9-15-22)23-16-10-6-11-17-23/h5-6,8-12,14-18,26H,1,7,13,19-20H2,2-4H3. The van der Waals surface area contributed by atoms with Gasteiger partial charge in [0.05, 0.1) is 0 Å². The molecule has 1 unspecified atom stereocenters. The first kappa shape index (κ1) is 19.8. The van der Waals surface area contributed by atoms with E-state index in [1.807, 2.05) is 6.08 Å². The second kappa shape index (κ2) is 7.61. The molecule has 1 N–H and O–H groups in total. The molecule has 1 aliphatic carbocycles. The summed E-state index contributed by atoms with van der Waals surface area (Å²) in [6.07, 6.45) is 6.94. The summed E-state index contributed by atoms with van der Waals surface area (Å²) >= 11 is 0. The Hall–Kier alpha value is -1.90. The lowest BCUT2D eigenvalue weighted by molar-refractivity contribution is 0.112. The van der Waals surface area contributed by atoms with Gasteiger partial charge in [-0.1, -0.05) is 111 Å². The largest absolute Gasteiger partial charge is 0.381 e. The second-order valence-electron chi connectivity index (χ2n) is 8.89. The zero-order chi connectivity index (χ0) is 19.5. The van der Waals surface area contributed by atoms with Crippen LogP contribution in [0.3, 0.4) is 0 Å². The molecular weight excluding hydrogens is 344 g/mol. The summed E-state index contributed by atoms with van der Waals surface area (Å²) < 4.78 is 0. The van der Waals surface area contributed by atoms with E-state index < -0.39 is 13.7 Å². The lowest BCUT2D eigenvalue weighted by Gasteiger charge is -2.46. The van der Waals surface area contributed by atoms with Gasteiger partial charge in [-0.3, -0.25) is 0 Å². The zero-order valence-corrected chi connectivity index (χ0v) is 17.9. The van der Waals surface area contributed by atoms with Crippen LogP contribution >= 0.6 is 0 Å². The molecule has 1 atom stereocenters. The highest BCUT2D eigenvalue weighted by Gasteiger charge is 2.49. The fourth-order valence-electron chi connectivity index (χ4n) is 4.57. The van der Waals surface area contributed by atoms with Crippen LogP contribution in [0.1, 0.15) is 40.0 Å². The summed E-state index contributed by atoms with van der Waals surface area (Å²) in [5.41, 5.74) is 0.0958. The van der Waals surface area contributed by atoms with Gasteiger partial charge in [-0.15, -0.1) is 0 Å². The molecule has 3 rings (SSSR count). The molecule has 0 heterocycles. The van der Waals surface area contributed by atoms with Crippen LogP contribution in [0, 0.1) is 0 Å². The van der Waals surface area contributed by atoms with Crippen molar-refractivity contribution < 1.29 is 5.11 Å². The molecule has 2 aromatic carbocycles. The van der Waals surface area contributed by atoms with Gasteiger partial charge in [-0.2, -0.15) is 0 Å². The minimum atomic E-state index is -2.24. The Balaban J connectivity index is 2.16. The summed E-state index contributed by atoms with van der Waals surface area (Å²) in [5, 5.41) is 14.2. The van der Waals surface area contributed by atoms with Gasteiger partial charge in [0.15, 0.2) is 0 Å². The van der Waals surface area contributed by atoms with Gasteiger partial charge in [0.2, 0.25) is 0 Å². The predicted octanol–water partition coefficient (Wildman–Crippen LogP) is 5.08. The van der Waals surface area contributed by atoms with Crippen LogP contribution in [-0.4, -0.2) is 18.8 Å². The van der Waals surface area contributed by atoms with Crippen molar-refractivity contribution in [3.8, 4) is 0 Å². The van der Waals surface area contributed by atoms with E-state index >= 15 is 0 Å². The molecule has 0 spiro atoms. The number of hydrogen-bond acceptors (Lipinski definition) is 1. The quantitative estimate of drug-likeness (QED) is 0.570. The Morgan fingerprint density at radius 2 is 1.52 bits per heavy atom. The van der Waals surface area contributed by atoms with Crippen LogP contribution in [0.25, 0.3) is 0 Å². The van der Waals surface area contributed by atoms with Crippen molar-refractivity contribution in [2.75, 3.05) is 0 Å². The van der Waals surface area contributed by atoms with Crippen molar-refractivity contribution in [3.63, 3.8) is 0 Å². The summed E-state index contributed by atoms with van der Waals surface area (Å²) in [7, 11) is -2.24. The molecule has 1 aliphatic rings. The van der Waals surface area contributed by atoms with Gasteiger partial charge >= 0.3 is 0 Å². The summed E-state index contributed by atoms with van der Waals surface area (Å²) in [5.74, 6) is 0. The van der Waals surface area contributed by atoms with Crippen LogP contribution in [0.5, 0.6) is 0 Å². The van der Waals surface area contributed by atoms with Crippen LogP contribution in [0.2, 0.25) is 11.1 Å². The van der Waals surface area contributed by atoms with Crippen molar-refractivity contribution in [3.05, 3.63) is 85.0 Å². The summed E-state index contributed by atoms with van der Waals surface area (Å²) in [4.78, 5) is 0. The van der Waals surface area contributed by atoms with Crippen LogP contribution in [0.4, 0.5) is 0 Å². The monoisotopic (exact) mass is 376 g/mol. The zero-order valence-electron chi connectivity index (χ0n) is 16.9. The van der Waals surface area contributed by atoms with Crippen molar-refractivity contribution in [2.45, 2.75) is 56.7 Å². The smallest absolute Gasteiger partial charge is 0.127 e. The lowest BCUT2D eigenvalue weighted by atomic mass is 9.86. The fourth-order valence-corrected chi connectivity index (χ4v) is 10.0. The number of benzene rings is 2. The minimum Gasteiger partial charge on any atom is -0.381 e. The SMILES string of the molecule is C=C(C[Si](c1ccccc1)(c1ccccc1)C(C)(C)C)C1(O)C=CCCC1. The molecule has 27 heavy (non-hydrogen) atoms. The van der Waals surface area contributed by atoms with E-state index in [9.17, 15) is 5.11 Å². The maximum absolute atomic E-state index is 11.3. The Labute approximate surface area is 165 Å². The highest BCUT2D eigenvalue weighted by Crippen LogP contribution is 2.43. The summed E-state index contributed by atoms with van der Waals surface area (Å²) in [6.45, 7) is 11.5. The molecule has 0 bridgehead atoms. The van der Waals surface area contributed by atoms with Crippen molar-refractivity contribution in [1.82, 2.24) is 0 Å². The Kier molecular flexibility index (Phi) is 5.59. The minimum absolute atomic E-state index is 0.0768. The van der Waals surface area contributed by atoms with Gasteiger partial charge in [0.1, 0.15) is 13.7 Å². The third kappa shape index (κ3) is 3.74. The predicted molar refractivity (Wildman–Crippen MR) is 120 cm³/mol. The molecule has 0 radical (unpaired) electrons. The molecule has 142 valence electrons. The third-order valence-electron chi connectivity index (χ3n) is 6.23. The topological polar surface area (TPSA) is 20.2 Å². The number of allylic oxidation sites excluding steroid dienone is 1. The maximum Gasteiger partial charge on any atom is 0.127 e. The van der Waals surface area contributed by atoms with E-state index in [4.69, 9.17) is 0 Å². The van der Waals surface area contributed by atoms with Gasteiger partial charge in [-0.25, -0.2) is 0 Å². The third-order valence-corrected chi connectivity index (χ3v) is 12.4. The van der Waals surface area contributed by atoms with Gasteiger partial charge < -0.3 is 5.11 Å². The first-order chi connectivity index (χ1) is 12.8. The van der Waals surface area contributed by atoms with Crippen LogP contribution in [-0.2, 0) is 0 Å². The van der Waals surface area contributed by atoms with Crippen LogP contribution < -0.4 is 10.4 Å². The molecule has 2 heteroatoms. The molecule has 1 nitrogen and oxygen atoms in total. The second-order valence-corrected chi connectivity index (χ2v) is 13.7. The van der Waals surface area contributed by atoms with Crippen molar-refractivity contribution in [1.29, 1.82) is 0 Å². The molecule has 0 saturated carbocycles. The first-order valence-corrected chi connectivity index (χ1v) is 12.2. The summed E-state index contributed by atoms with van der Waals surface area (Å²) in [6, 6.07) is 22.7. The molecule has 0 saturated heterocycles. The van der Waals surface area contributed by atoms with Gasteiger partial charge in [-0.05, 0) is 35.9 Å². The first-order valence-electron chi connectivity index (χ1n) is 9.99. The average molecular weight is 377 g/mol. The maximum atomic E-state index is 11.3. The molecule has 2 aromatic rings. The Morgan fingerprint density at radius 1 is 1.00 bits per heavy atom.